The zero-order valence-electron chi connectivity index (χ0n) is 13.4. The van der Waals surface area contributed by atoms with Crippen molar-refractivity contribution in [3.63, 3.8) is 0 Å². The highest BCUT2D eigenvalue weighted by Gasteiger charge is 2.30. The fourth-order valence-electron chi connectivity index (χ4n) is 2.59. The maximum absolute atomic E-state index is 12.5. The van der Waals surface area contributed by atoms with E-state index in [1.807, 2.05) is 0 Å². The van der Waals surface area contributed by atoms with Crippen molar-refractivity contribution >= 4 is 40.7 Å². The molecule has 2 heterocycles. The average molecular weight is 358 g/mol. The minimum atomic E-state index is -0.782. The Morgan fingerprint density at radius 2 is 1.80 bits per heavy atom. The number of aromatic nitrogens is 1. The van der Waals surface area contributed by atoms with Gasteiger partial charge in [0.2, 0.25) is 0 Å². The Hall–Kier alpha value is -3.00. The van der Waals surface area contributed by atoms with E-state index in [1.165, 1.54) is 20.3 Å². The highest BCUT2D eigenvalue weighted by molar-refractivity contribution is 8.03. The molecule has 0 bridgehead atoms. The zero-order chi connectivity index (χ0) is 18.1. The van der Waals surface area contributed by atoms with E-state index in [0.717, 1.165) is 11.8 Å². The third-order valence-electron chi connectivity index (χ3n) is 3.73. The van der Waals surface area contributed by atoms with E-state index >= 15 is 0 Å². The summed E-state index contributed by atoms with van der Waals surface area (Å²) in [6, 6.07) is 7.14. The number of H-pyrrole nitrogens is 1. The number of benzene rings is 1. The minimum absolute atomic E-state index is 0.0111. The molecule has 0 spiro atoms. The van der Waals surface area contributed by atoms with Crippen LogP contribution in [0.25, 0.3) is 17.0 Å². The van der Waals surface area contributed by atoms with E-state index in [-0.39, 0.29) is 26.6 Å². The largest absolute Gasteiger partial charge is 0.465 e. The predicted molar refractivity (Wildman–Crippen MR) is 93.6 cm³/mol. The molecule has 0 saturated heterocycles. The molecule has 1 aliphatic rings. The molecule has 0 radical (unpaired) electrons. The molecule has 25 heavy (non-hydrogen) atoms. The van der Waals surface area contributed by atoms with Crippen LogP contribution < -0.4 is 11.3 Å². The molecule has 0 atom stereocenters. The number of fused-ring (bicyclic) bond motifs is 3. The van der Waals surface area contributed by atoms with Crippen molar-refractivity contribution in [3.05, 3.63) is 56.4 Å². The topological polar surface area (TPSA) is 111 Å². The lowest BCUT2D eigenvalue weighted by Crippen LogP contribution is -2.18. The number of aromatic amines is 1. The van der Waals surface area contributed by atoms with Gasteiger partial charge in [-0.05, 0) is 12.1 Å². The van der Waals surface area contributed by atoms with E-state index in [0.29, 0.717) is 16.5 Å². The van der Waals surface area contributed by atoms with Gasteiger partial charge in [-0.2, -0.15) is 0 Å². The van der Waals surface area contributed by atoms with E-state index in [2.05, 4.69) is 4.98 Å². The summed E-state index contributed by atoms with van der Waals surface area (Å²) in [5, 5.41) is 0.702. The van der Waals surface area contributed by atoms with Crippen LogP contribution in [0, 0.1) is 0 Å². The fourth-order valence-corrected chi connectivity index (χ4v) is 3.53. The number of esters is 2. The van der Waals surface area contributed by atoms with E-state index in [4.69, 9.17) is 15.2 Å². The van der Waals surface area contributed by atoms with Gasteiger partial charge in [0.15, 0.2) is 0 Å². The first-order valence-electron chi connectivity index (χ1n) is 7.19. The van der Waals surface area contributed by atoms with Crippen LogP contribution in [0.4, 0.5) is 0 Å². The minimum Gasteiger partial charge on any atom is -0.465 e. The van der Waals surface area contributed by atoms with Crippen molar-refractivity contribution in [1.82, 2.24) is 4.98 Å². The summed E-state index contributed by atoms with van der Waals surface area (Å²) in [5.74, 6) is -1.53. The van der Waals surface area contributed by atoms with Crippen LogP contribution in [0.1, 0.15) is 5.56 Å². The van der Waals surface area contributed by atoms with Crippen LogP contribution in [0.3, 0.4) is 0 Å². The number of hydrogen-bond donors (Lipinski definition) is 2. The van der Waals surface area contributed by atoms with E-state index in [1.54, 1.807) is 24.3 Å². The molecular formula is C17H14N2O5S. The molecule has 0 aliphatic carbocycles. The van der Waals surface area contributed by atoms with Gasteiger partial charge in [-0.3, -0.25) is 4.79 Å². The number of rotatable bonds is 2. The summed E-state index contributed by atoms with van der Waals surface area (Å²) in [6.45, 7) is 0. The first-order valence-corrected chi connectivity index (χ1v) is 8.01. The summed E-state index contributed by atoms with van der Waals surface area (Å²) in [5.41, 5.74) is 6.55. The van der Waals surface area contributed by atoms with Gasteiger partial charge in [0.25, 0.3) is 5.56 Å². The van der Waals surface area contributed by atoms with Crippen molar-refractivity contribution in [3.8, 4) is 0 Å². The Balaban J connectivity index is 2.41. The highest BCUT2D eigenvalue weighted by atomic mass is 32.2. The predicted octanol–water partition coefficient (Wildman–Crippen LogP) is 1.53. The quantitative estimate of drug-likeness (QED) is 0.783. The summed E-state index contributed by atoms with van der Waals surface area (Å²) in [6.07, 6.45) is 1.44. The second-order valence-corrected chi connectivity index (χ2v) is 6.18. The molecule has 0 saturated carbocycles. The van der Waals surface area contributed by atoms with Crippen LogP contribution in [-0.4, -0.2) is 31.1 Å². The normalized spacial score (nSPS) is 13.8. The molecule has 3 rings (SSSR count). The Morgan fingerprint density at radius 3 is 2.48 bits per heavy atom. The van der Waals surface area contributed by atoms with Gasteiger partial charge < -0.3 is 20.2 Å². The van der Waals surface area contributed by atoms with Gasteiger partial charge in [0.1, 0.15) is 5.57 Å². The average Bonchev–Trinajstić information content (AvgIpc) is 2.77. The fraction of sp³-hybridized carbons (Fsp3) is 0.118. The Morgan fingerprint density at radius 1 is 1.12 bits per heavy atom. The molecule has 1 aromatic heterocycles. The Kier molecular flexibility index (Phi) is 4.37. The standard InChI is InChI=1S/C17H14N2O5S/c1-23-16(21)10-7-9-8-5-3-4-6-11(8)19-15(20)13(9)25-14(18)12(10)17(22)24-2/h3-7H,18H2,1-2H3,(H,19,20). The second-order valence-electron chi connectivity index (χ2n) is 5.12. The summed E-state index contributed by atoms with van der Waals surface area (Å²) < 4.78 is 9.51. The van der Waals surface area contributed by atoms with Gasteiger partial charge in [-0.25, -0.2) is 9.59 Å². The zero-order valence-corrected chi connectivity index (χ0v) is 14.2. The van der Waals surface area contributed by atoms with Crippen molar-refractivity contribution in [2.45, 2.75) is 4.90 Å². The van der Waals surface area contributed by atoms with Crippen molar-refractivity contribution in [2.75, 3.05) is 14.2 Å². The lowest BCUT2D eigenvalue weighted by Gasteiger charge is -2.09. The van der Waals surface area contributed by atoms with Crippen LogP contribution in [0.2, 0.25) is 0 Å². The second kappa shape index (κ2) is 6.48. The third-order valence-corrected chi connectivity index (χ3v) is 4.76. The van der Waals surface area contributed by atoms with Crippen LogP contribution in [0.15, 0.2) is 50.1 Å². The van der Waals surface area contributed by atoms with Gasteiger partial charge >= 0.3 is 11.9 Å². The molecule has 1 aliphatic heterocycles. The SMILES string of the molecule is COC(=O)C1=Cc2c(c(=O)[nH]c3ccccc23)SC(N)=C1C(=O)OC. The number of carbonyl (C=O) groups is 2. The molecule has 1 aromatic carbocycles. The first kappa shape index (κ1) is 16.8. The van der Waals surface area contributed by atoms with Crippen LogP contribution >= 0.6 is 11.8 Å². The van der Waals surface area contributed by atoms with E-state index < -0.39 is 11.9 Å². The maximum Gasteiger partial charge on any atom is 0.341 e. The first-order chi connectivity index (χ1) is 12.0. The monoisotopic (exact) mass is 358 g/mol. The number of ether oxygens (including phenoxy) is 2. The summed E-state index contributed by atoms with van der Waals surface area (Å²) >= 11 is 0.911. The van der Waals surface area contributed by atoms with E-state index in [9.17, 15) is 14.4 Å². The van der Waals surface area contributed by atoms with Crippen molar-refractivity contribution < 1.29 is 19.1 Å². The van der Waals surface area contributed by atoms with Gasteiger partial charge in [-0.15, -0.1) is 0 Å². The van der Waals surface area contributed by atoms with Crippen molar-refractivity contribution in [2.24, 2.45) is 5.73 Å². The number of nitrogens with one attached hydrogen (secondary N) is 1. The third kappa shape index (κ3) is 2.80. The van der Waals surface area contributed by atoms with Gasteiger partial charge in [0.05, 0.1) is 29.7 Å². The smallest absolute Gasteiger partial charge is 0.341 e. The molecular weight excluding hydrogens is 344 g/mol. The maximum atomic E-state index is 12.5. The van der Waals surface area contributed by atoms with Crippen LogP contribution in [0.5, 0.6) is 0 Å². The molecule has 0 amide bonds. The Bertz CT molecular complexity index is 1020. The molecule has 128 valence electrons. The lowest BCUT2D eigenvalue weighted by atomic mass is 10.0. The van der Waals surface area contributed by atoms with Gasteiger partial charge in [0, 0.05) is 16.5 Å². The lowest BCUT2D eigenvalue weighted by molar-refractivity contribution is -0.139. The molecule has 7 nitrogen and oxygen atoms in total. The highest BCUT2D eigenvalue weighted by Crippen LogP contribution is 2.37. The van der Waals surface area contributed by atoms with Crippen LogP contribution in [-0.2, 0) is 19.1 Å². The summed E-state index contributed by atoms with van der Waals surface area (Å²) in [7, 11) is 2.38. The number of para-hydroxylation sites is 1. The van der Waals surface area contributed by atoms with Crippen molar-refractivity contribution in [1.29, 1.82) is 0 Å². The number of pyridine rings is 1. The van der Waals surface area contributed by atoms with Gasteiger partial charge in [-0.1, -0.05) is 30.0 Å². The molecule has 3 N–H and O–H groups in total. The Labute approximate surface area is 146 Å². The number of methoxy groups -OCH3 is 2. The number of nitrogens with two attached hydrogens (primary N) is 1. The number of hydrogen-bond acceptors (Lipinski definition) is 7. The molecule has 8 heteroatoms. The molecule has 0 unspecified atom stereocenters. The molecule has 2 aromatic rings. The number of carbonyl (C=O) groups excluding carboxylic acids is 2. The number of thioether (sulfide) groups is 1. The molecule has 0 fully saturated rings. The summed E-state index contributed by atoms with van der Waals surface area (Å²) in [4.78, 5) is 39.9.